The third-order valence-electron chi connectivity index (χ3n) is 5.26. The molecule has 4 heterocycles. The minimum atomic E-state index is -0.267. The van der Waals surface area contributed by atoms with Crippen LogP contribution in [0.15, 0.2) is 36.5 Å². The summed E-state index contributed by atoms with van der Waals surface area (Å²) in [4.78, 5) is 23.1. The zero-order valence-corrected chi connectivity index (χ0v) is 15.9. The van der Waals surface area contributed by atoms with E-state index in [1.807, 2.05) is 49.1 Å². The van der Waals surface area contributed by atoms with Crippen molar-refractivity contribution in [3.8, 4) is 0 Å². The largest absolute Gasteiger partial charge is 0.372 e. The second kappa shape index (κ2) is 7.37. The zero-order valence-electron chi connectivity index (χ0n) is 15.9. The summed E-state index contributed by atoms with van der Waals surface area (Å²) in [6.45, 7) is 6.30. The number of rotatable bonds is 4. The number of carbonyl (C=O) groups excluding carboxylic acids is 1. The molecule has 2 aromatic heterocycles. The maximum Gasteiger partial charge on any atom is 0.255 e. The molecule has 1 spiro atoms. The molecular formula is C21H25N3O3. The molecule has 27 heavy (non-hydrogen) atoms. The molecule has 1 amide bonds. The fourth-order valence-electron chi connectivity index (χ4n) is 3.80. The number of carbonyl (C=O) groups is 1. The van der Waals surface area contributed by atoms with E-state index in [2.05, 4.69) is 9.97 Å². The first-order chi connectivity index (χ1) is 13.0. The molecule has 0 bridgehead atoms. The molecule has 1 atom stereocenters. The van der Waals surface area contributed by atoms with E-state index in [-0.39, 0.29) is 17.6 Å². The van der Waals surface area contributed by atoms with Crippen LogP contribution in [0.3, 0.4) is 0 Å². The lowest BCUT2D eigenvalue weighted by atomic mass is 9.84. The van der Waals surface area contributed by atoms with Crippen molar-refractivity contribution in [2.45, 2.75) is 45.0 Å². The first-order valence-electron chi connectivity index (χ1n) is 9.43. The van der Waals surface area contributed by atoms with E-state index in [0.29, 0.717) is 31.9 Å². The van der Waals surface area contributed by atoms with Crippen LogP contribution in [0.1, 0.15) is 40.3 Å². The summed E-state index contributed by atoms with van der Waals surface area (Å²) in [6, 6.07) is 9.67. The second-order valence-corrected chi connectivity index (χ2v) is 7.58. The fraction of sp³-hybridized carbons (Fsp3) is 0.476. The molecule has 0 aliphatic carbocycles. The first kappa shape index (κ1) is 18.1. The fourth-order valence-corrected chi connectivity index (χ4v) is 3.80. The highest BCUT2D eigenvalue weighted by molar-refractivity contribution is 5.94. The van der Waals surface area contributed by atoms with Gasteiger partial charge in [-0.2, -0.15) is 0 Å². The third kappa shape index (κ3) is 4.01. The molecule has 0 radical (unpaired) electrons. The molecule has 6 nitrogen and oxygen atoms in total. The van der Waals surface area contributed by atoms with Crippen molar-refractivity contribution in [1.82, 2.24) is 14.9 Å². The van der Waals surface area contributed by atoms with Crippen LogP contribution in [-0.2, 0) is 16.1 Å². The average molecular weight is 367 g/mol. The molecule has 0 unspecified atom stereocenters. The van der Waals surface area contributed by atoms with Crippen molar-refractivity contribution < 1.29 is 14.3 Å². The summed E-state index contributed by atoms with van der Waals surface area (Å²) in [7, 11) is 0. The van der Waals surface area contributed by atoms with E-state index in [9.17, 15) is 4.79 Å². The maximum atomic E-state index is 12.6. The van der Waals surface area contributed by atoms with Gasteiger partial charge in [-0.05, 0) is 44.5 Å². The molecule has 2 fully saturated rings. The van der Waals surface area contributed by atoms with Gasteiger partial charge in [0.15, 0.2) is 0 Å². The number of aryl methyl sites for hydroxylation is 2. The molecule has 142 valence electrons. The topological polar surface area (TPSA) is 64.6 Å². The van der Waals surface area contributed by atoms with Gasteiger partial charge in [-0.25, -0.2) is 0 Å². The van der Waals surface area contributed by atoms with Gasteiger partial charge >= 0.3 is 0 Å². The lowest BCUT2D eigenvalue weighted by Crippen LogP contribution is -2.67. The summed E-state index contributed by atoms with van der Waals surface area (Å²) in [5, 5.41) is 0. The SMILES string of the molecule is Cc1ccc(C(=O)N2CC3(C[C@@H](OCc4cccc(C)n4)CCO3)C2)cn1. The van der Waals surface area contributed by atoms with Crippen molar-refractivity contribution in [2.24, 2.45) is 0 Å². The van der Waals surface area contributed by atoms with E-state index in [4.69, 9.17) is 9.47 Å². The molecule has 0 aromatic carbocycles. The second-order valence-electron chi connectivity index (χ2n) is 7.58. The Kier molecular flexibility index (Phi) is 4.93. The molecule has 2 aromatic rings. The van der Waals surface area contributed by atoms with Crippen molar-refractivity contribution in [3.63, 3.8) is 0 Å². The van der Waals surface area contributed by atoms with Crippen LogP contribution in [0.25, 0.3) is 0 Å². The van der Waals surface area contributed by atoms with Gasteiger partial charge < -0.3 is 14.4 Å². The standard InChI is InChI=1S/C21H25N3O3/c1-15-6-7-17(11-22-15)20(25)24-13-21(14-24)10-19(8-9-27-21)26-12-18-5-3-4-16(2)23-18/h3-7,11,19H,8-10,12-14H2,1-2H3/t19-/m0/s1. The van der Waals surface area contributed by atoms with Gasteiger partial charge in [0.25, 0.3) is 5.91 Å². The van der Waals surface area contributed by atoms with Crippen LogP contribution in [0.2, 0.25) is 0 Å². The Morgan fingerprint density at radius 1 is 1.26 bits per heavy atom. The van der Waals surface area contributed by atoms with E-state index >= 15 is 0 Å². The normalized spacial score (nSPS) is 21.1. The number of nitrogens with zero attached hydrogens (tertiary/aromatic N) is 3. The van der Waals surface area contributed by atoms with E-state index in [0.717, 1.165) is 29.9 Å². The maximum absolute atomic E-state index is 12.6. The Hall–Kier alpha value is -2.31. The Bertz CT molecular complexity index is 816. The molecule has 4 rings (SSSR count). The highest BCUT2D eigenvalue weighted by atomic mass is 16.5. The van der Waals surface area contributed by atoms with Gasteiger partial charge in [0.2, 0.25) is 0 Å². The van der Waals surface area contributed by atoms with Crippen LogP contribution in [0.4, 0.5) is 0 Å². The van der Waals surface area contributed by atoms with Gasteiger partial charge in [0.05, 0.1) is 37.1 Å². The number of ether oxygens (including phenoxy) is 2. The minimum absolute atomic E-state index is 0.0173. The van der Waals surface area contributed by atoms with Crippen LogP contribution in [0.5, 0.6) is 0 Å². The van der Waals surface area contributed by atoms with Gasteiger partial charge in [-0.15, -0.1) is 0 Å². The Morgan fingerprint density at radius 3 is 2.85 bits per heavy atom. The zero-order chi connectivity index (χ0) is 18.9. The van der Waals surface area contributed by atoms with Crippen LogP contribution in [-0.4, -0.2) is 52.2 Å². The Balaban J connectivity index is 1.31. The summed E-state index contributed by atoms with van der Waals surface area (Å²) in [5.41, 5.74) is 3.22. The number of hydrogen-bond donors (Lipinski definition) is 0. The van der Waals surface area contributed by atoms with Crippen LogP contribution in [0, 0.1) is 13.8 Å². The van der Waals surface area contributed by atoms with Crippen molar-refractivity contribution in [2.75, 3.05) is 19.7 Å². The third-order valence-corrected chi connectivity index (χ3v) is 5.26. The summed E-state index contributed by atoms with van der Waals surface area (Å²) >= 11 is 0. The number of aromatic nitrogens is 2. The number of likely N-dealkylation sites (tertiary alicyclic amines) is 1. The number of amides is 1. The Morgan fingerprint density at radius 2 is 2.11 bits per heavy atom. The minimum Gasteiger partial charge on any atom is -0.372 e. The molecule has 0 N–H and O–H groups in total. The molecular weight excluding hydrogens is 342 g/mol. The monoisotopic (exact) mass is 367 g/mol. The highest BCUT2D eigenvalue weighted by Crippen LogP contribution is 2.36. The Labute approximate surface area is 159 Å². The first-order valence-corrected chi connectivity index (χ1v) is 9.43. The van der Waals surface area contributed by atoms with E-state index in [1.165, 1.54) is 0 Å². The number of hydrogen-bond acceptors (Lipinski definition) is 5. The average Bonchev–Trinajstić information content (AvgIpc) is 2.65. The van der Waals surface area contributed by atoms with Gasteiger partial charge in [-0.3, -0.25) is 14.8 Å². The van der Waals surface area contributed by atoms with E-state index in [1.54, 1.807) is 6.20 Å². The predicted molar refractivity (Wildman–Crippen MR) is 100 cm³/mol. The van der Waals surface area contributed by atoms with Gasteiger partial charge in [0, 0.05) is 30.6 Å². The molecule has 2 aliphatic heterocycles. The van der Waals surface area contributed by atoms with Crippen molar-refractivity contribution >= 4 is 5.91 Å². The quantitative estimate of drug-likeness (QED) is 0.831. The van der Waals surface area contributed by atoms with Crippen LogP contribution < -0.4 is 0 Å². The molecule has 2 saturated heterocycles. The van der Waals surface area contributed by atoms with Crippen molar-refractivity contribution in [1.29, 1.82) is 0 Å². The van der Waals surface area contributed by atoms with Gasteiger partial charge in [0.1, 0.15) is 5.60 Å². The summed E-state index contributed by atoms with van der Waals surface area (Å²) < 4.78 is 12.1. The predicted octanol–water partition coefficient (Wildman–Crippen LogP) is 2.68. The number of pyridine rings is 2. The van der Waals surface area contributed by atoms with E-state index < -0.39 is 0 Å². The smallest absolute Gasteiger partial charge is 0.255 e. The lowest BCUT2D eigenvalue weighted by molar-refractivity contribution is -0.188. The summed E-state index contributed by atoms with van der Waals surface area (Å²) in [5.74, 6) is 0.0173. The summed E-state index contributed by atoms with van der Waals surface area (Å²) in [6.07, 6.45) is 3.47. The molecule has 0 saturated carbocycles. The van der Waals surface area contributed by atoms with Crippen molar-refractivity contribution in [3.05, 3.63) is 59.2 Å². The highest BCUT2D eigenvalue weighted by Gasteiger charge is 2.49. The lowest BCUT2D eigenvalue weighted by Gasteiger charge is -2.53. The molecule has 6 heteroatoms. The molecule has 2 aliphatic rings. The van der Waals surface area contributed by atoms with Gasteiger partial charge in [-0.1, -0.05) is 6.07 Å². The van der Waals surface area contributed by atoms with Crippen LogP contribution >= 0.6 is 0 Å².